The molecule has 3 N–H and O–H groups in total. The van der Waals surface area contributed by atoms with Crippen LogP contribution in [-0.2, 0) is 0 Å². The maximum Gasteiger partial charge on any atom is 0.275 e. The van der Waals surface area contributed by atoms with E-state index in [-0.39, 0.29) is 29.9 Å². The van der Waals surface area contributed by atoms with Crippen LogP contribution in [0.5, 0.6) is 5.75 Å². The summed E-state index contributed by atoms with van der Waals surface area (Å²) in [6.45, 7) is 1.92. The van der Waals surface area contributed by atoms with Gasteiger partial charge in [-0.1, -0.05) is 0 Å². The van der Waals surface area contributed by atoms with E-state index in [2.05, 4.69) is 10.4 Å². The molecule has 25 heavy (non-hydrogen) atoms. The highest BCUT2D eigenvalue weighted by Gasteiger charge is 2.25. The maximum atomic E-state index is 13.2. The molecule has 7 heteroatoms. The molecule has 0 bridgehead atoms. The van der Waals surface area contributed by atoms with Crippen LogP contribution in [0.25, 0.3) is 5.69 Å². The molecule has 0 radical (unpaired) electrons. The number of carbonyl (C=O) groups excluding carboxylic acids is 1. The van der Waals surface area contributed by atoms with Crippen LogP contribution in [0.3, 0.4) is 0 Å². The van der Waals surface area contributed by atoms with Crippen molar-refractivity contribution in [1.29, 1.82) is 0 Å². The fourth-order valence-corrected chi connectivity index (χ4v) is 3.27. The van der Waals surface area contributed by atoms with Crippen molar-refractivity contribution in [3.63, 3.8) is 0 Å². The van der Waals surface area contributed by atoms with Gasteiger partial charge in [0.1, 0.15) is 5.82 Å². The Morgan fingerprint density at radius 1 is 1.36 bits per heavy atom. The fourth-order valence-electron chi connectivity index (χ4n) is 3.27. The van der Waals surface area contributed by atoms with Gasteiger partial charge in [0.25, 0.3) is 5.91 Å². The number of nitrogens with one attached hydrogen (secondary N) is 1. The molecule has 1 saturated carbocycles. The second-order valence-electron chi connectivity index (χ2n) is 6.61. The molecular formula is C18H22FN3O3. The number of aryl methyl sites for hydroxylation is 1. The first-order valence-corrected chi connectivity index (χ1v) is 8.44. The highest BCUT2D eigenvalue weighted by Crippen LogP contribution is 2.25. The summed E-state index contributed by atoms with van der Waals surface area (Å²) in [4.78, 5) is 12.4. The number of halogens is 1. The molecule has 1 amide bonds. The van der Waals surface area contributed by atoms with Crippen LogP contribution >= 0.6 is 0 Å². The summed E-state index contributed by atoms with van der Waals surface area (Å²) in [6, 6.07) is 4.25. The molecule has 3 rings (SSSR count). The molecule has 134 valence electrons. The van der Waals surface area contributed by atoms with Crippen molar-refractivity contribution in [3.05, 3.63) is 41.5 Å². The predicted molar refractivity (Wildman–Crippen MR) is 90.2 cm³/mol. The van der Waals surface area contributed by atoms with Crippen LogP contribution in [0.15, 0.2) is 24.4 Å². The average molecular weight is 347 g/mol. The lowest BCUT2D eigenvalue weighted by Gasteiger charge is -2.27. The molecule has 1 heterocycles. The van der Waals surface area contributed by atoms with Crippen LogP contribution in [0.2, 0.25) is 0 Å². The maximum absolute atomic E-state index is 13.2. The Hall–Kier alpha value is -2.41. The van der Waals surface area contributed by atoms with E-state index in [1.807, 2.05) is 0 Å². The lowest BCUT2D eigenvalue weighted by molar-refractivity contribution is 0.0906. The van der Waals surface area contributed by atoms with Gasteiger partial charge in [-0.15, -0.1) is 0 Å². The third-order valence-corrected chi connectivity index (χ3v) is 4.76. The first kappa shape index (κ1) is 17.4. The lowest BCUT2D eigenvalue weighted by atomic mass is 9.86. The van der Waals surface area contributed by atoms with E-state index < -0.39 is 5.91 Å². The van der Waals surface area contributed by atoms with Gasteiger partial charge in [-0.25, -0.2) is 9.07 Å². The Kier molecular flexibility index (Phi) is 5.03. The molecule has 1 fully saturated rings. The molecule has 0 unspecified atom stereocenters. The second-order valence-corrected chi connectivity index (χ2v) is 6.61. The van der Waals surface area contributed by atoms with Crippen LogP contribution in [0.1, 0.15) is 41.7 Å². The van der Waals surface area contributed by atoms with Crippen molar-refractivity contribution in [3.8, 4) is 11.4 Å². The summed E-state index contributed by atoms with van der Waals surface area (Å²) in [5.74, 6) is -0.690. The van der Waals surface area contributed by atoms with Gasteiger partial charge in [-0.05, 0) is 62.3 Å². The molecule has 2 aromatic rings. The minimum atomic E-state index is -0.427. The molecule has 0 spiro atoms. The van der Waals surface area contributed by atoms with Crippen molar-refractivity contribution < 1.29 is 19.4 Å². The van der Waals surface area contributed by atoms with Gasteiger partial charge in [-0.2, -0.15) is 5.10 Å². The minimum Gasteiger partial charge on any atom is -0.504 e. The lowest BCUT2D eigenvalue weighted by Crippen LogP contribution is -2.38. The summed E-state index contributed by atoms with van der Waals surface area (Å²) < 4.78 is 14.6. The van der Waals surface area contributed by atoms with Crippen LogP contribution in [0, 0.1) is 18.7 Å². The van der Waals surface area contributed by atoms with Crippen molar-refractivity contribution in [2.24, 2.45) is 5.92 Å². The Morgan fingerprint density at radius 3 is 2.72 bits per heavy atom. The molecule has 1 aliphatic rings. The molecule has 6 nitrogen and oxygen atoms in total. The van der Waals surface area contributed by atoms with Crippen molar-refractivity contribution in [2.45, 2.75) is 38.6 Å². The van der Waals surface area contributed by atoms with Crippen LogP contribution < -0.4 is 5.32 Å². The molecule has 0 aliphatic heterocycles. The fraction of sp³-hybridized carbons (Fsp3) is 0.444. The van der Waals surface area contributed by atoms with E-state index in [0.29, 0.717) is 17.2 Å². The van der Waals surface area contributed by atoms with Crippen LogP contribution in [-0.4, -0.2) is 38.5 Å². The second kappa shape index (κ2) is 7.23. The number of aliphatic hydroxyl groups is 1. The van der Waals surface area contributed by atoms with Gasteiger partial charge in [0.05, 0.1) is 11.9 Å². The number of aliphatic hydroxyl groups excluding tert-OH is 1. The van der Waals surface area contributed by atoms with E-state index in [1.165, 1.54) is 23.0 Å². The van der Waals surface area contributed by atoms with E-state index in [0.717, 1.165) is 25.7 Å². The number of aromatic nitrogens is 2. The van der Waals surface area contributed by atoms with Crippen molar-refractivity contribution >= 4 is 5.91 Å². The number of nitrogens with zero attached hydrogens (tertiary/aromatic N) is 2. The number of hydrogen-bond donors (Lipinski definition) is 3. The van der Waals surface area contributed by atoms with Gasteiger partial charge in [0, 0.05) is 12.6 Å². The number of carbonyl (C=O) groups is 1. The average Bonchev–Trinajstić information content (AvgIpc) is 2.97. The zero-order valence-electron chi connectivity index (χ0n) is 14.1. The molecular weight excluding hydrogens is 325 g/mol. The zero-order chi connectivity index (χ0) is 18.0. The summed E-state index contributed by atoms with van der Waals surface area (Å²) in [5.41, 5.74) is 1.20. The minimum absolute atomic E-state index is 0.0207. The summed E-state index contributed by atoms with van der Waals surface area (Å²) in [6.07, 6.45) is 4.69. The molecule has 0 saturated heterocycles. The standard InChI is InChI=1S/C18H22FN3O3/c1-11-8-13(19)4-7-15(11)22-9-16(24)17(21-22)18(25)20-14-5-2-12(10-23)3-6-14/h4,7-9,12,14,23-24H,2-3,5-6,10H2,1H3,(H,20,25). The number of rotatable bonds is 4. The van der Waals surface area contributed by atoms with Crippen LogP contribution in [0.4, 0.5) is 4.39 Å². The normalized spacial score (nSPS) is 20.4. The Bertz CT molecular complexity index is 767. The highest BCUT2D eigenvalue weighted by atomic mass is 19.1. The highest BCUT2D eigenvalue weighted by molar-refractivity contribution is 5.95. The molecule has 1 aromatic heterocycles. The Labute approximate surface area is 145 Å². The monoisotopic (exact) mass is 347 g/mol. The first-order chi connectivity index (χ1) is 12.0. The van der Waals surface area contributed by atoms with E-state index in [1.54, 1.807) is 13.0 Å². The first-order valence-electron chi connectivity index (χ1n) is 8.44. The number of benzene rings is 1. The third-order valence-electron chi connectivity index (χ3n) is 4.76. The number of hydrogen-bond acceptors (Lipinski definition) is 4. The van der Waals surface area contributed by atoms with Crippen molar-refractivity contribution in [2.75, 3.05) is 6.61 Å². The Balaban J connectivity index is 1.73. The van der Waals surface area contributed by atoms with E-state index in [4.69, 9.17) is 5.11 Å². The molecule has 1 aromatic carbocycles. The largest absolute Gasteiger partial charge is 0.504 e. The summed E-state index contributed by atoms with van der Waals surface area (Å²) in [5, 5.41) is 26.3. The zero-order valence-corrected chi connectivity index (χ0v) is 14.1. The van der Waals surface area contributed by atoms with Crippen molar-refractivity contribution in [1.82, 2.24) is 15.1 Å². The quantitative estimate of drug-likeness (QED) is 0.792. The third kappa shape index (κ3) is 3.82. The Morgan fingerprint density at radius 2 is 2.08 bits per heavy atom. The SMILES string of the molecule is Cc1cc(F)ccc1-n1cc(O)c(C(=O)NC2CCC(CO)CC2)n1. The van der Waals surface area contributed by atoms with E-state index in [9.17, 15) is 14.3 Å². The van der Waals surface area contributed by atoms with Gasteiger partial charge in [0.15, 0.2) is 11.4 Å². The van der Waals surface area contributed by atoms with Gasteiger partial charge < -0.3 is 15.5 Å². The molecule has 0 atom stereocenters. The topological polar surface area (TPSA) is 87.4 Å². The molecule has 1 aliphatic carbocycles. The van der Waals surface area contributed by atoms with Gasteiger partial charge in [0.2, 0.25) is 0 Å². The summed E-state index contributed by atoms with van der Waals surface area (Å²) >= 11 is 0. The summed E-state index contributed by atoms with van der Waals surface area (Å²) in [7, 11) is 0. The van der Waals surface area contributed by atoms with Gasteiger partial charge >= 0.3 is 0 Å². The predicted octanol–water partition coefficient (Wildman–Crippen LogP) is 2.31. The number of amides is 1. The smallest absolute Gasteiger partial charge is 0.275 e. The number of aromatic hydroxyl groups is 1. The van der Waals surface area contributed by atoms with Gasteiger partial charge in [-0.3, -0.25) is 4.79 Å². The van der Waals surface area contributed by atoms with E-state index >= 15 is 0 Å².